The van der Waals surface area contributed by atoms with Crippen LogP contribution in [-0.2, 0) is 6.54 Å². The standard InChI is InChI=1S/C18H19ClN2O/c19-17-5-1-3-15(11-17)18(22)16-4-2-10-21(13-16)12-14-6-8-20-9-7-14/h1,3,5-9,11,16H,2,4,10,12-13H2. The minimum atomic E-state index is 0.0639. The van der Waals surface area contributed by atoms with Crippen molar-refractivity contribution in [2.75, 3.05) is 13.1 Å². The average molecular weight is 315 g/mol. The fourth-order valence-electron chi connectivity index (χ4n) is 3.04. The molecule has 0 N–H and O–H groups in total. The Balaban J connectivity index is 1.66. The van der Waals surface area contributed by atoms with Crippen LogP contribution in [0, 0.1) is 5.92 Å². The molecular formula is C18H19ClN2O. The van der Waals surface area contributed by atoms with Crippen molar-refractivity contribution in [2.45, 2.75) is 19.4 Å². The third-order valence-corrected chi connectivity index (χ3v) is 4.38. The van der Waals surface area contributed by atoms with Crippen molar-refractivity contribution in [3.8, 4) is 0 Å². The van der Waals surface area contributed by atoms with Crippen molar-refractivity contribution in [1.29, 1.82) is 0 Å². The number of halogens is 1. The van der Waals surface area contributed by atoms with Gasteiger partial charge in [-0.2, -0.15) is 0 Å². The summed E-state index contributed by atoms with van der Waals surface area (Å²) in [6, 6.07) is 11.3. The monoisotopic (exact) mass is 314 g/mol. The van der Waals surface area contributed by atoms with Crippen molar-refractivity contribution in [2.24, 2.45) is 5.92 Å². The topological polar surface area (TPSA) is 33.2 Å². The summed E-state index contributed by atoms with van der Waals surface area (Å²) in [4.78, 5) is 19.1. The van der Waals surface area contributed by atoms with Gasteiger partial charge in [-0.1, -0.05) is 23.7 Å². The van der Waals surface area contributed by atoms with E-state index in [-0.39, 0.29) is 11.7 Å². The van der Waals surface area contributed by atoms with Crippen molar-refractivity contribution in [3.63, 3.8) is 0 Å². The average Bonchev–Trinajstić information content (AvgIpc) is 2.55. The van der Waals surface area contributed by atoms with Gasteiger partial charge in [-0.05, 0) is 49.2 Å². The maximum Gasteiger partial charge on any atom is 0.167 e. The molecule has 1 atom stereocenters. The molecule has 1 aliphatic rings. The molecule has 0 aliphatic carbocycles. The lowest BCUT2D eigenvalue weighted by Gasteiger charge is -2.32. The van der Waals surface area contributed by atoms with Gasteiger partial charge in [0.2, 0.25) is 0 Å². The number of ketones is 1. The quantitative estimate of drug-likeness (QED) is 0.804. The number of nitrogens with zero attached hydrogens (tertiary/aromatic N) is 2. The normalized spacial score (nSPS) is 19.0. The molecule has 0 saturated carbocycles. The SMILES string of the molecule is O=C(c1cccc(Cl)c1)C1CCCN(Cc2ccncc2)C1. The Hall–Kier alpha value is -1.71. The molecule has 1 aliphatic heterocycles. The van der Waals surface area contributed by atoms with E-state index >= 15 is 0 Å². The van der Waals surface area contributed by atoms with Crippen LogP contribution in [0.5, 0.6) is 0 Å². The molecule has 1 unspecified atom stereocenters. The number of carbonyl (C=O) groups excluding carboxylic acids is 1. The number of hydrogen-bond donors (Lipinski definition) is 0. The Labute approximate surface area is 135 Å². The number of aromatic nitrogens is 1. The van der Waals surface area contributed by atoms with Crippen LogP contribution in [0.1, 0.15) is 28.8 Å². The highest BCUT2D eigenvalue weighted by Crippen LogP contribution is 2.23. The Morgan fingerprint density at radius 1 is 1.27 bits per heavy atom. The lowest BCUT2D eigenvalue weighted by molar-refractivity contribution is 0.0811. The van der Waals surface area contributed by atoms with E-state index in [0.29, 0.717) is 5.02 Å². The van der Waals surface area contributed by atoms with E-state index in [2.05, 4.69) is 9.88 Å². The summed E-state index contributed by atoms with van der Waals surface area (Å²) in [5.74, 6) is 0.274. The number of benzene rings is 1. The summed E-state index contributed by atoms with van der Waals surface area (Å²) < 4.78 is 0. The summed E-state index contributed by atoms with van der Waals surface area (Å²) in [6.45, 7) is 2.73. The predicted octanol–water partition coefficient (Wildman–Crippen LogP) is 3.83. The summed E-state index contributed by atoms with van der Waals surface area (Å²) in [6.07, 6.45) is 5.64. The number of hydrogen-bond acceptors (Lipinski definition) is 3. The van der Waals surface area contributed by atoms with E-state index in [1.807, 2.05) is 36.7 Å². The van der Waals surface area contributed by atoms with Crippen LogP contribution in [0.25, 0.3) is 0 Å². The van der Waals surface area contributed by atoms with Crippen LogP contribution in [0.3, 0.4) is 0 Å². The van der Waals surface area contributed by atoms with Crippen molar-refractivity contribution in [3.05, 3.63) is 64.9 Å². The fourth-order valence-corrected chi connectivity index (χ4v) is 3.23. The molecule has 22 heavy (non-hydrogen) atoms. The highest BCUT2D eigenvalue weighted by Gasteiger charge is 2.26. The van der Waals surface area contributed by atoms with E-state index < -0.39 is 0 Å². The van der Waals surface area contributed by atoms with E-state index in [0.717, 1.165) is 38.0 Å². The second-order valence-corrected chi connectivity index (χ2v) is 6.24. The number of pyridine rings is 1. The number of rotatable bonds is 4. The van der Waals surface area contributed by atoms with Gasteiger partial charge in [0.15, 0.2) is 5.78 Å². The second-order valence-electron chi connectivity index (χ2n) is 5.80. The molecular weight excluding hydrogens is 296 g/mol. The van der Waals surface area contributed by atoms with Crippen LogP contribution >= 0.6 is 11.6 Å². The van der Waals surface area contributed by atoms with Crippen LogP contribution in [0.2, 0.25) is 5.02 Å². The molecule has 2 heterocycles. The van der Waals surface area contributed by atoms with Gasteiger partial charge < -0.3 is 0 Å². The maximum absolute atomic E-state index is 12.7. The lowest BCUT2D eigenvalue weighted by atomic mass is 9.90. The van der Waals surface area contributed by atoms with Gasteiger partial charge in [0.1, 0.15) is 0 Å². The maximum atomic E-state index is 12.7. The van der Waals surface area contributed by atoms with Crippen LogP contribution in [0.4, 0.5) is 0 Å². The first-order valence-corrected chi connectivity index (χ1v) is 8.01. The molecule has 3 nitrogen and oxygen atoms in total. The number of piperidine rings is 1. The van der Waals surface area contributed by atoms with Gasteiger partial charge in [0, 0.05) is 42.0 Å². The van der Waals surface area contributed by atoms with Gasteiger partial charge in [-0.25, -0.2) is 0 Å². The van der Waals surface area contributed by atoms with Gasteiger partial charge in [-0.3, -0.25) is 14.7 Å². The van der Waals surface area contributed by atoms with E-state index in [1.165, 1.54) is 5.56 Å². The Kier molecular flexibility index (Phi) is 4.86. The fraction of sp³-hybridized carbons (Fsp3) is 0.333. The van der Waals surface area contributed by atoms with Crippen LogP contribution in [-0.4, -0.2) is 28.8 Å². The minimum Gasteiger partial charge on any atom is -0.298 e. The first-order chi connectivity index (χ1) is 10.7. The van der Waals surface area contributed by atoms with Crippen molar-refractivity contribution < 1.29 is 4.79 Å². The summed E-state index contributed by atoms with van der Waals surface area (Å²) in [7, 11) is 0. The number of carbonyl (C=O) groups is 1. The molecule has 1 aromatic heterocycles. The first-order valence-electron chi connectivity index (χ1n) is 7.63. The van der Waals surface area contributed by atoms with Crippen molar-refractivity contribution >= 4 is 17.4 Å². The highest BCUT2D eigenvalue weighted by molar-refractivity contribution is 6.31. The largest absolute Gasteiger partial charge is 0.298 e. The zero-order chi connectivity index (χ0) is 15.4. The zero-order valence-electron chi connectivity index (χ0n) is 12.4. The van der Waals surface area contributed by atoms with Gasteiger partial charge >= 0.3 is 0 Å². The molecule has 1 aromatic carbocycles. The predicted molar refractivity (Wildman–Crippen MR) is 88.0 cm³/mol. The Bertz CT molecular complexity index is 645. The third-order valence-electron chi connectivity index (χ3n) is 4.14. The Morgan fingerprint density at radius 3 is 2.86 bits per heavy atom. The summed E-state index contributed by atoms with van der Waals surface area (Å²) in [5.41, 5.74) is 1.97. The molecule has 3 rings (SSSR count). The summed E-state index contributed by atoms with van der Waals surface area (Å²) >= 11 is 6.00. The third kappa shape index (κ3) is 3.73. The highest BCUT2D eigenvalue weighted by atomic mass is 35.5. The molecule has 0 amide bonds. The second kappa shape index (κ2) is 7.03. The summed E-state index contributed by atoms with van der Waals surface area (Å²) in [5, 5.41) is 0.621. The van der Waals surface area contributed by atoms with Gasteiger partial charge in [0.25, 0.3) is 0 Å². The molecule has 4 heteroatoms. The lowest BCUT2D eigenvalue weighted by Crippen LogP contribution is -2.38. The van der Waals surface area contributed by atoms with E-state index in [4.69, 9.17) is 11.6 Å². The van der Waals surface area contributed by atoms with Gasteiger partial charge in [0.05, 0.1) is 0 Å². The van der Waals surface area contributed by atoms with Gasteiger partial charge in [-0.15, -0.1) is 0 Å². The first kappa shape index (κ1) is 15.2. The van der Waals surface area contributed by atoms with Crippen molar-refractivity contribution in [1.82, 2.24) is 9.88 Å². The molecule has 0 spiro atoms. The zero-order valence-corrected chi connectivity index (χ0v) is 13.2. The molecule has 114 valence electrons. The van der Waals surface area contributed by atoms with Crippen LogP contribution in [0.15, 0.2) is 48.8 Å². The molecule has 0 bridgehead atoms. The number of Topliss-reactive ketones (excluding diaryl/α,β-unsaturated/α-hetero) is 1. The molecule has 1 fully saturated rings. The van der Waals surface area contributed by atoms with E-state index in [1.54, 1.807) is 12.1 Å². The molecule has 2 aromatic rings. The Morgan fingerprint density at radius 2 is 2.09 bits per heavy atom. The molecule has 1 saturated heterocycles. The molecule has 0 radical (unpaired) electrons. The number of likely N-dealkylation sites (tertiary alicyclic amines) is 1. The van der Waals surface area contributed by atoms with Crippen LogP contribution < -0.4 is 0 Å². The minimum absolute atomic E-state index is 0.0639. The smallest absolute Gasteiger partial charge is 0.167 e. The van der Waals surface area contributed by atoms with E-state index in [9.17, 15) is 4.79 Å².